The minimum atomic E-state index is -0.184. The molecule has 0 atom stereocenters. The Bertz CT molecular complexity index is 391. The number of unbranched alkanes of at least 4 members (excludes halogenated alkanes) is 1. The highest BCUT2D eigenvalue weighted by Gasteiger charge is 1.94. The molecule has 0 saturated carbocycles. The van der Waals surface area contributed by atoms with E-state index in [0.29, 0.717) is 11.6 Å². The molecule has 0 heterocycles. The molecule has 17 heavy (non-hydrogen) atoms. The number of hydrogen-bond acceptors (Lipinski definition) is 1. The molecule has 2 amide bonds. The third-order valence-corrected chi connectivity index (χ3v) is 2.39. The van der Waals surface area contributed by atoms with E-state index < -0.39 is 0 Å². The van der Waals surface area contributed by atoms with Crippen molar-refractivity contribution in [3.8, 4) is 0 Å². The normalized spacial score (nSPS) is 10.5. The lowest BCUT2D eigenvalue weighted by atomic mass is 10.2. The average Bonchev–Trinajstić information content (AvgIpc) is 2.29. The zero-order chi connectivity index (χ0) is 12.5. The van der Waals surface area contributed by atoms with Crippen LogP contribution in [0.1, 0.15) is 25.3 Å². The summed E-state index contributed by atoms with van der Waals surface area (Å²) in [5, 5.41) is 6.07. The Morgan fingerprint density at radius 3 is 3.00 bits per heavy atom. The molecule has 2 N–H and O–H groups in total. The number of amides is 2. The summed E-state index contributed by atoms with van der Waals surface area (Å²) in [6.45, 7) is 2.78. The monoisotopic (exact) mass is 252 g/mol. The number of carbonyl (C=O) groups is 1. The maximum atomic E-state index is 11.3. The molecule has 3 nitrogen and oxygen atoms in total. The van der Waals surface area contributed by atoms with E-state index in [4.69, 9.17) is 11.6 Å². The zero-order valence-electron chi connectivity index (χ0n) is 9.87. The van der Waals surface area contributed by atoms with Gasteiger partial charge >= 0.3 is 6.03 Å². The van der Waals surface area contributed by atoms with Crippen molar-refractivity contribution in [3.63, 3.8) is 0 Å². The predicted octanol–water partition coefficient (Wildman–Crippen LogP) is 3.41. The molecule has 0 aliphatic rings. The molecule has 0 aliphatic heterocycles. The SMILES string of the molecule is CCCCNC(=O)N/C=C/c1cccc(Cl)c1. The first-order valence-corrected chi connectivity index (χ1v) is 6.06. The lowest BCUT2D eigenvalue weighted by Crippen LogP contribution is -2.32. The summed E-state index contributed by atoms with van der Waals surface area (Å²) in [6, 6.07) is 7.23. The van der Waals surface area contributed by atoms with Crippen molar-refractivity contribution in [1.29, 1.82) is 0 Å². The van der Waals surface area contributed by atoms with Gasteiger partial charge in [-0.25, -0.2) is 4.79 Å². The van der Waals surface area contributed by atoms with Crippen LogP contribution in [0.2, 0.25) is 5.02 Å². The van der Waals surface area contributed by atoms with Gasteiger partial charge in [-0.3, -0.25) is 0 Å². The lowest BCUT2D eigenvalue weighted by Gasteiger charge is -2.02. The molecule has 0 bridgehead atoms. The van der Waals surface area contributed by atoms with Gasteiger partial charge < -0.3 is 10.6 Å². The van der Waals surface area contributed by atoms with Crippen LogP contribution in [0, 0.1) is 0 Å². The Hall–Kier alpha value is -1.48. The third kappa shape index (κ3) is 5.97. The Kier molecular flexibility index (Phi) is 6.18. The molecule has 0 fully saturated rings. The maximum Gasteiger partial charge on any atom is 0.318 e. The van der Waals surface area contributed by atoms with Gasteiger partial charge in [0.15, 0.2) is 0 Å². The topological polar surface area (TPSA) is 41.1 Å². The standard InChI is InChI=1S/C13H17ClN2O/c1-2-3-8-15-13(17)16-9-7-11-5-4-6-12(14)10-11/h4-7,9-10H,2-3,8H2,1H3,(H2,15,16,17)/b9-7+. The van der Waals surface area contributed by atoms with E-state index in [1.807, 2.05) is 24.3 Å². The number of urea groups is 1. The first kappa shape index (κ1) is 13.6. The van der Waals surface area contributed by atoms with Crippen LogP contribution >= 0.6 is 11.6 Å². The molecular formula is C13H17ClN2O. The van der Waals surface area contributed by atoms with Crippen molar-refractivity contribution in [2.45, 2.75) is 19.8 Å². The predicted molar refractivity (Wildman–Crippen MR) is 71.9 cm³/mol. The van der Waals surface area contributed by atoms with E-state index in [1.165, 1.54) is 0 Å². The fourth-order valence-electron chi connectivity index (χ4n) is 1.25. The Labute approximate surface area is 107 Å². The van der Waals surface area contributed by atoms with Crippen LogP contribution in [0.15, 0.2) is 30.5 Å². The minimum Gasteiger partial charge on any atom is -0.338 e. The first-order chi connectivity index (χ1) is 8.22. The van der Waals surface area contributed by atoms with Gasteiger partial charge in [-0.15, -0.1) is 0 Å². The van der Waals surface area contributed by atoms with Crippen LogP contribution in [0.4, 0.5) is 4.79 Å². The molecule has 0 aromatic heterocycles. The molecule has 1 rings (SSSR count). The average molecular weight is 253 g/mol. The zero-order valence-corrected chi connectivity index (χ0v) is 10.6. The molecule has 0 spiro atoms. The lowest BCUT2D eigenvalue weighted by molar-refractivity contribution is 0.244. The highest BCUT2D eigenvalue weighted by molar-refractivity contribution is 6.30. The van der Waals surface area contributed by atoms with E-state index in [0.717, 1.165) is 18.4 Å². The quantitative estimate of drug-likeness (QED) is 0.775. The molecule has 4 heteroatoms. The molecular weight excluding hydrogens is 236 g/mol. The summed E-state index contributed by atoms with van der Waals surface area (Å²) in [4.78, 5) is 11.3. The van der Waals surface area contributed by atoms with Gasteiger partial charge in [0.2, 0.25) is 0 Å². The number of rotatable bonds is 5. The summed E-state index contributed by atoms with van der Waals surface area (Å²) in [7, 11) is 0. The van der Waals surface area contributed by atoms with Gasteiger partial charge in [-0.1, -0.05) is 37.1 Å². The highest BCUT2D eigenvalue weighted by atomic mass is 35.5. The summed E-state index contributed by atoms with van der Waals surface area (Å²) in [5.74, 6) is 0. The molecule has 1 aromatic carbocycles. The van der Waals surface area contributed by atoms with E-state index >= 15 is 0 Å². The maximum absolute atomic E-state index is 11.3. The summed E-state index contributed by atoms with van der Waals surface area (Å²) in [6.07, 6.45) is 5.46. The van der Waals surface area contributed by atoms with E-state index in [9.17, 15) is 4.79 Å². The van der Waals surface area contributed by atoms with Gasteiger partial charge in [-0.05, 0) is 30.2 Å². The summed E-state index contributed by atoms with van der Waals surface area (Å²) < 4.78 is 0. The number of carbonyl (C=O) groups excluding carboxylic acids is 1. The first-order valence-electron chi connectivity index (χ1n) is 5.69. The fraction of sp³-hybridized carbons (Fsp3) is 0.308. The van der Waals surface area contributed by atoms with Crippen LogP contribution < -0.4 is 10.6 Å². The molecule has 0 unspecified atom stereocenters. The number of benzene rings is 1. The minimum absolute atomic E-state index is 0.184. The van der Waals surface area contributed by atoms with Crippen LogP contribution in [0.3, 0.4) is 0 Å². The second-order valence-corrected chi connectivity index (χ2v) is 4.08. The van der Waals surface area contributed by atoms with Crippen LogP contribution in [-0.4, -0.2) is 12.6 Å². The molecule has 0 aliphatic carbocycles. The largest absolute Gasteiger partial charge is 0.338 e. The van der Waals surface area contributed by atoms with Gasteiger partial charge in [0.25, 0.3) is 0 Å². The second kappa shape index (κ2) is 7.74. The van der Waals surface area contributed by atoms with Crippen LogP contribution in [-0.2, 0) is 0 Å². The van der Waals surface area contributed by atoms with Gasteiger partial charge in [0, 0.05) is 17.8 Å². The molecule has 0 saturated heterocycles. The number of nitrogens with one attached hydrogen (secondary N) is 2. The van der Waals surface area contributed by atoms with Crippen molar-refractivity contribution in [2.75, 3.05) is 6.54 Å². The Morgan fingerprint density at radius 2 is 2.29 bits per heavy atom. The molecule has 0 radical (unpaired) electrons. The van der Waals surface area contributed by atoms with Crippen LogP contribution in [0.5, 0.6) is 0 Å². The number of halogens is 1. The van der Waals surface area contributed by atoms with E-state index in [-0.39, 0.29) is 6.03 Å². The van der Waals surface area contributed by atoms with E-state index in [1.54, 1.807) is 12.3 Å². The molecule has 92 valence electrons. The highest BCUT2D eigenvalue weighted by Crippen LogP contribution is 2.11. The van der Waals surface area contributed by atoms with Crippen molar-refractivity contribution in [1.82, 2.24) is 10.6 Å². The number of hydrogen-bond donors (Lipinski definition) is 2. The van der Waals surface area contributed by atoms with Gasteiger partial charge in [0.05, 0.1) is 0 Å². The smallest absolute Gasteiger partial charge is 0.318 e. The third-order valence-electron chi connectivity index (χ3n) is 2.15. The fourth-order valence-corrected chi connectivity index (χ4v) is 1.45. The second-order valence-electron chi connectivity index (χ2n) is 3.64. The van der Waals surface area contributed by atoms with Crippen LogP contribution in [0.25, 0.3) is 6.08 Å². The van der Waals surface area contributed by atoms with Crippen molar-refractivity contribution >= 4 is 23.7 Å². The van der Waals surface area contributed by atoms with Crippen molar-refractivity contribution in [3.05, 3.63) is 41.1 Å². The molecule has 1 aromatic rings. The Balaban J connectivity index is 2.32. The summed E-state index contributed by atoms with van der Waals surface area (Å²) in [5.41, 5.74) is 0.950. The van der Waals surface area contributed by atoms with Gasteiger partial charge in [0.1, 0.15) is 0 Å². The van der Waals surface area contributed by atoms with Gasteiger partial charge in [-0.2, -0.15) is 0 Å². The summed E-state index contributed by atoms with van der Waals surface area (Å²) >= 11 is 5.84. The Morgan fingerprint density at radius 1 is 1.47 bits per heavy atom. The van der Waals surface area contributed by atoms with Crippen molar-refractivity contribution < 1.29 is 4.79 Å². The van der Waals surface area contributed by atoms with Crippen molar-refractivity contribution in [2.24, 2.45) is 0 Å². The van der Waals surface area contributed by atoms with E-state index in [2.05, 4.69) is 17.6 Å².